The number of fused-ring (bicyclic) bond motifs is 4. The smallest absolute Gasteiger partial charge is 0.131 e. The highest BCUT2D eigenvalue weighted by atomic mass is 19.1. The molecule has 0 saturated carbocycles. The van der Waals surface area contributed by atoms with Crippen molar-refractivity contribution in [3.63, 3.8) is 0 Å². The van der Waals surface area contributed by atoms with Crippen LogP contribution in [0.15, 0.2) is 36.4 Å². The van der Waals surface area contributed by atoms with Gasteiger partial charge in [-0.25, -0.2) is 8.78 Å². The van der Waals surface area contributed by atoms with E-state index in [1.54, 1.807) is 12.1 Å². The summed E-state index contributed by atoms with van der Waals surface area (Å²) in [5, 5.41) is 3.32. The Kier molecular flexibility index (Phi) is 2.76. The van der Waals surface area contributed by atoms with Gasteiger partial charge in [0, 0.05) is 16.5 Å². The number of piperidine rings is 1. The maximum absolute atomic E-state index is 13.7. The average molecular weight is 287 g/mol. The van der Waals surface area contributed by atoms with Crippen molar-refractivity contribution in [3.8, 4) is 11.5 Å². The second-order valence-corrected chi connectivity index (χ2v) is 5.72. The third kappa shape index (κ3) is 1.86. The minimum absolute atomic E-state index is 0.282. The van der Waals surface area contributed by atoms with Crippen molar-refractivity contribution < 1.29 is 13.5 Å². The molecule has 1 fully saturated rings. The Morgan fingerprint density at radius 2 is 1.38 bits per heavy atom. The van der Waals surface area contributed by atoms with Gasteiger partial charge in [0.1, 0.15) is 23.1 Å². The van der Waals surface area contributed by atoms with Crippen molar-refractivity contribution in [1.29, 1.82) is 0 Å². The van der Waals surface area contributed by atoms with Crippen LogP contribution in [0.25, 0.3) is 0 Å². The number of halogens is 2. The molecule has 0 aromatic heterocycles. The molecule has 2 aliphatic heterocycles. The monoisotopic (exact) mass is 287 g/mol. The zero-order valence-corrected chi connectivity index (χ0v) is 11.5. The molecule has 2 heterocycles. The molecule has 4 heteroatoms. The normalized spacial score (nSPS) is 18.8. The van der Waals surface area contributed by atoms with Gasteiger partial charge in [-0.2, -0.15) is 0 Å². The molecule has 0 radical (unpaired) electrons. The van der Waals surface area contributed by atoms with Crippen LogP contribution in [0.2, 0.25) is 0 Å². The van der Waals surface area contributed by atoms with Gasteiger partial charge >= 0.3 is 0 Å². The summed E-state index contributed by atoms with van der Waals surface area (Å²) in [4.78, 5) is 0. The van der Waals surface area contributed by atoms with Crippen LogP contribution >= 0.6 is 0 Å². The Labute approximate surface area is 121 Å². The van der Waals surface area contributed by atoms with Gasteiger partial charge in [-0.15, -0.1) is 0 Å². The van der Waals surface area contributed by atoms with Gasteiger partial charge in [0.05, 0.1) is 0 Å². The number of nitrogens with one attached hydrogen (secondary N) is 1. The van der Waals surface area contributed by atoms with E-state index in [1.807, 2.05) is 0 Å². The van der Waals surface area contributed by atoms with Crippen molar-refractivity contribution in [2.24, 2.45) is 0 Å². The lowest BCUT2D eigenvalue weighted by molar-refractivity contribution is 0.315. The fourth-order valence-corrected chi connectivity index (χ4v) is 3.59. The maximum Gasteiger partial charge on any atom is 0.131 e. The summed E-state index contributed by atoms with van der Waals surface area (Å²) in [6.07, 6.45) is 1.62. The first-order valence-corrected chi connectivity index (χ1v) is 7.18. The van der Waals surface area contributed by atoms with E-state index in [0.29, 0.717) is 11.5 Å². The lowest BCUT2D eigenvalue weighted by atomic mass is 9.66. The van der Waals surface area contributed by atoms with Crippen LogP contribution in [-0.2, 0) is 5.41 Å². The van der Waals surface area contributed by atoms with E-state index in [4.69, 9.17) is 4.74 Å². The van der Waals surface area contributed by atoms with Gasteiger partial charge < -0.3 is 10.1 Å². The van der Waals surface area contributed by atoms with E-state index >= 15 is 0 Å². The first kappa shape index (κ1) is 12.8. The van der Waals surface area contributed by atoms with Crippen LogP contribution in [0, 0.1) is 11.6 Å². The Hall–Kier alpha value is -1.94. The molecule has 0 atom stereocenters. The molecule has 2 aromatic rings. The van der Waals surface area contributed by atoms with E-state index in [2.05, 4.69) is 5.32 Å². The molecular weight excluding hydrogens is 272 g/mol. The first-order valence-electron chi connectivity index (χ1n) is 7.18. The summed E-state index contributed by atoms with van der Waals surface area (Å²) >= 11 is 0. The Bertz CT molecular complexity index is 654. The van der Waals surface area contributed by atoms with Gasteiger partial charge in [-0.3, -0.25) is 0 Å². The summed E-state index contributed by atoms with van der Waals surface area (Å²) in [7, 11) is 0. The summed E-state index contributed by atoms with van der Waals surface area (Å²) in [5.41, 5.74) is 1.31. The van der Waals surface area contributed by atoms with Crippen LogP contribution in [0.3, 0.4) is 0 Å². The van der Waals surface area contributed by atoms with E-state index in [9.17, 15) is 8.78 Å². The quantitative estimate of drug-likeness (QED) is 0.797. The molecule has 21 heavy (non-hydrogen) atoms. The largest absolute Gasteiger partial charge is 0.457 e. The van der Waals surface area contributed by atoms with Crippen LogP contribution in [-0.4, -0.2) is 13.1 Å². The Morgan fingerprint density at radius 3 is 1.90 bits per heavy atom. The SMILES string of the molecule is Fc1ccc2c(c1)C1(CCNCC1)c1cc(F)ccc1O2. The van der Waals surface area contributed by atoms with E-state index in [-0.39, 0.29) is 17.0 Å². The van der Waals surface area contributed by atoms with E-state index < -0.39 is 0 Å². The molecule has 2 nitrogen and oxygen atoms in total. The molecule has 0 aliphatic carbocycles. The molecule has 0 bridgehead atoms. The molecule has 2 aliphatic rings. The van der Waals surface area contributed by atoms with Crippen molar-refractivity contribution in [1.82, 2.24) is 5.32 Å². The van der Waals surface area contributed by atoms with Gasteiger partial charge in [-0.1, -0.05) is 0 Å². The molecular formula is C17H15F2NO. The summed E-state index contributed by atoms with van der Waals surface area (Å²) in [6.45, 7) is 1.65. The predicted molar refractivity (Wildman–Crippen MR) is 75.8 cm³/mol. The number of hydrogen-bond acceptors (Lipinski definition) is 2. The molecule has 1 N–H and O–H groups in total. The van der Waals surface area contributed by atoms with Crippen LogP contribution in [0.1, 0.15) is 24.0 Å². The lowest BCUT2D eigenvalue weighted by Crippen LogP contribution is -2.42. The van der Waals surface area contributed by atoms with E-state index in [1.165, 1.54) is 24.3 Å². The third-order valence-electron chi connectivity index (χ3n) is 4.59. The van der Waals surface area contributed by atoms with Crippen molar-refractivity contribution >= 4 is 0 Å². The Balaban J connectivity index is 1.99. The number of benzene rings is 2. The van der Waals surface area contributed by atoms with Gasteiger partial charge in [0.25, 0.3) is 0 Å². The summed E-state index contributed by atoms with van der Waals surface area (Å²) in [6, 6.07) is 9.22. The van der Waals surface area contributed by atoms with Gasteiger partial charge in [0.2, 0.25) is 0 Å². The van der Waals surface area contributed by atoms with Crippen molar-refractivity contribution in [2.75, 3.05) is 13.1 Å². The highest BCUT2D eigenvalue weighted by molar-refractivity contribution is 5.58. The molecule has 1 spiro atoms. The van der Waals surface area contributed by atoms with Crippen molar-refractivity contribution in [3.05, 3.63) is 59.2 Å². The second-order valence-electron chi connectivity index (χ2n) is 5.72. The zero-order chi connectivity index (χ0) is 14.4. The molecule has 108 valence electrons. The molecule has 0 amide bonds. The molecule has 1 saturated heterocycles. The van der Waals surface area contributed by atoms with Crippen molar-refractivity contribution in [2.45, 2.75) is 18.3 Å². The molecule has 2 aromatic carbocycles. The minimum atomic E-state index is -0.363. The summed E-state index contributed by atoms with van der Waals surface area (Å²) < 4.78 is 33.3. The second kappa shape index (κ2) is 4.53. The van der Waals surface area contributed by atoms with Gasteiger partial charge in [0.15, 0.2) is 0 Å². The first-order chi connectivity index (χ1) is 10.2. The zero-order valence-electron chi connectivity index (χ0n) is 11.5. The fourth-order valence-electron chi connectivity index (χ4n) is 3.59. The third-order valence-corrected chi connectivity index (χ3v) is 4.59. The van der Waals surface area contributed by atoms with Crippen LogP contribution < -0.4 is 10.1 Å². The van der Waals surface area contributed by atoms with Crippen LogP contribution in [0.4, 0.5) is 8.78 Å². The highest BCUT2D eigenvalue weighted by Crippen LogP contribution is 2.52. The predicted octanol–water partition coefficient (Wildman–Crippen LogP) is 3.74. The highest BCUT2D eigenvalue weighted by Gasteiger charge is 2.43. The number of rotatable bonds is 0. The van der Waals surface area contributed by atoms with Gasteiger partial charge in [-0.05, 0) is 62.3 Å². The Morgan fingerprint density at radius 1 is 0.857 bits per heavy atom. The maximum atomic E-state index is 13.7. The number of hydrogen-bond donors (Lipinski definition) is 1. The fraction of sp³-hybridized carbons (Fsp3) is 0.294. The molecule has 0 unspecified atom stereocenters. The van der Waals surface area contributed by atoms with Crippen LogP contribution in [0.5, 0.6) is 11.5 Å². The number of ether oxygens (including phenoxy) is 1. The minimum Gasteiger partial charge on any atom is -0.457 e. The van der Waals surface area contributed by atoms with E-state index in [0.717, 1.165) is 37.1 Å². The average Bonchev–Trinajstić information content (AvgIpc) is 2.50. The molecule has 4 rings (SSSR count). The topological polar surface area (TPSA) is 21.3 Å². The summed E-state index contributed by atoms with van der Waals surface area (Å²) in [5.74, 6) is 0.792. The standard InChI is InChI=1S/C17H15F2NO/c18-11-1-3-15-13(9-11)17(5-7-20-8-6-17)14-10-12(19)2-4-16(14)21-15/h1-4,9-10,20H,5-8H2. The lowest BCUT2D eigenvalue weighted by Gasteiger charge is -2.43.